The highest BCUT2D eigenvalue weighted by Gasteiger charge is 2.23. The summed E-state index contributed by atoms with van der Waals surface area (Å²) in [5.74, 6) is 0.425. The second-order valence-electron chi connectivity index (χ2n) is 6.12. The summed E-state index contributed by atoms with van der Waals surface area (Å²) in [6.07, 6.45) is 1.46. The normalized spacial score (nSPS) is 11.8. The highest BCUT2D eigenvalue weighted by atomic mass is 35.5. The second-order valence-corrected chi connectivity index (χ2v) is 6.56. The zero-order valence-corrected chi connectivity index (χ0v) is 13.5. The van der Waals surface area contributed by atoms with Crippen LogP contribution in [0, 0.1) is 0 Å². The van der Waals surface area contributed by atoms with Gasteiger partial charge in [0.25, 0.3) is 0 Å². The van der Waals surface area contributed by atoms with Gasteiger partial charge in [0.05, 0.1) is 10.9 Å². The Morgan fingerprint density at radius 2 is 2.00 bits per heavy atom. The number of hydrogen-bond acceptors (Lipinski definition) is 4. The molecule has 0 saturated heterocycles. The lowest BCUT2D eigenvalue weighted by molar-refractivity contribution is 0.367. The smallest absolute Gasteiger partial charge is 0.220 e. The molecule has 5 nitrogen and oxygen atoms in total. The molecule has 3 aromatic rings. The molecule has 22 heavy (non-hydrogen) atoms. The zero-order valence-electron chi connectivity index (χ0n) is 12.7. The van der Waals surface area contributed by atoms with Crippen molar-refractivity contribution >= 4 is 46.8 Å². The Morgan fingerprint density at radius 3 is 2.68 bits per heavy atom. The second kappa shape index (κ2) is 5.28. The molecule has 0 saturated carbocycles. The summed E-state index contributed by atoms with van der Waals surface area (Å²) in [6.45, 7) is 6.21. The van der Waals surface area contributed by atoms with Crippen molar-refractivity contribution in [3.63, 3.8) is 0 Å². The Labute approximate surface area is 134 Å². The molecule has 0 aliphatic rings. The molecule has 0 atom stereocenters. The fourth-order valence-electron chi connectivity index (χ4n) is 2.32. The van der Waals surface area contributed by atoms with E-state index in [0.717, 1.165) is 22.1 Å². The van der Waals surface area contributed by atoms with Crippen LogP contribution in [0.25, 0.3) is 11.0 Å². The molecule has 0 bridgehead atoms. The molecule has 7 heteroatoms. The Kier molecular flexibility index (Phi) is 3.57. The van der Waals surface area contributed by atoms with Crippen LogP contribution in [0.4, 0.5) is 5.82 Å². The molecule has 2 N–H and O–H groups in total. The number of anilines is 1. The first-order chi connectivity index (χ1) is 10.4. The zero-order chi connectivity index (χ0) is 15.9. The van der Waals surface area contributed by atoms with Crippen LogP contribution in [0.5, 0.6) is 0 Å². The van der Waals surface area contributed by atoms with E-state index in [1.54, 1.807) is 0 Å². The summed E-state index contributed by atoms with van der Waals surface area (Å²) in [4.78, 5) is 8.44. The largest absolute Gasteiger partial charge is 0.383 e. The van der Waals surface area contributed by atoms with Gasteiger partial charge in [-0.05, 0) is 32.9 Å². The molecule has 0 spiro atoms. The number of benzene rings is 1. The van der Waals surface area contributed by atoms with E-state index in [4.69, 9.17) is 17.3 Å². The highest BCUT2D eigenvalue weighted by molar-refractivity contribution is 6.69. The van der Waals surface area contributed by atoms with Gasteiger partial charge < -0.3 is 5.73 Å². The summed E-state index contributed by atoms with van der Waals surface area (Å²) in [5.41, 5.74) is 8.26. The fourth-order valence-corrected chi connectivity index (χ4v) is 2.52. The van der Waals surface area contributed by atoms with E-state index >= 15 is 0 Å². The Hall–Kier alpha value is -2.08. The molecule has 0 aliphatic carbocycles. The van der Waals surface area contributed by atoms with Gasteiger partial charge in [0.2, 0.25) is 7.28 Å². The Bertz CT molecular complexity index is 838. The monoisotopic (exact) mass is 312 g/mol. The van der Waals surface area contributed by atoms with Crippen LogP contribution in [-0.2, 0) is 5.54 Å². The van der Waals surface area contributed by atoms with E-state index in [2.05, 4.69) is 35.8 Å². The van der Waals surface area contributed by atoms with Crippen molar-refractivity contribution in [2.75, 3.05) is 5.73 Å². The molecular formula is C15H16BClN5. The average Bonchev–Trinajstić information content (AvgIpc) is 2.79. The van der Waals surface area contributed by atoms with E-state index < -0.39 is 0 Å². The maximum absolute atomic E-state index is 6.05. The molecule has 2 heterocycles. The summed E-state index contributed by atoms with van der Waals surface area (Å²) >= 11 is 6.04. The van der Waals surface area contributed by atoms with E-state index in [1.165, 1.54) is 6.33 Å². The standard InChI is InChI=1S/C15H16BClN5/c1-15(2,3)22-14-11(13(18)19-8-20-14)12(21-22)16-9-5-4-6-10(17)7-9/h4-8H,1-3H3,(H2,18,19,20). The highest BCUT2D eigenvalue weighted by Crippen LogP contribution is 2.21. The van der Waals surface area contributed by atoms with Gasteiger partial charge in [0.1, 0.15) is 12.1 Å². The van der Waals surface area contributed by atoms with Gasteiger partial charge >= 0.3 is 0 Å². The first-order valence-corrected chi connectivity index (χ1v) is 7.34. The Balaban J connectivity index is 2.17. The molecule has 3 rings (SSSR count). The van der Waals surface area contributed by atoms with Crippen LogP contribution >= 0.6 is 11.6 Å². The third-order valence-electron chi connectivity index (χ3n) is 3.31. The number of hydrogen-bond donors (Lipinski definition) is 1. The van der Waals surface area contributed by atoms with Crippen molar-refractivity contribution in [1.29, 1.82) is 0 Å². The minimum absolute atomic E-state index is 0.209. The molecule has 0 fully saturated rings. The van der Waals surface area contributed by atoms with Crippen LogP contribution in [0.3, 0.4) is 0 Å². The van der Waals surface area contributed by atoms with Gasteiger partial charge in [-0.2, -0.15) is 5.10 Å². The predicted octanol–water partition coefficient (Wildman–Crippen LogP) is 1.47. The van der Waals surface area contributed by atoms with Crippen LogP contribution in [-0.4, -0.2) is 27.0 Å². The van der Waals surface area contributed by atoms with Gasteiger partial charge in [-0.1, -0.05) is 29.2 Å². The Morgan fingerprint density at radius 1 is 1.23 bits per heavy atom. The number of fused-ring (bicyclic) bond motifs is 1. The topological polar surface area (TPSA) is 69.6 Å². The molecule has 111 valence electrons. The van der Waals surface area contributed by atoms with Crippen LogP contribution in [0.15, 0.2) is 30.6 Å². The maximum Gasteiger partial charge on any atom is 0.220 e. The van der Waals surface area contributed by atoms with E-state index in [9.17, 15) is 0 Å². The van der Waals surface area contributed by atoms with Crippen molar-refractivity contribution < 1.29 is 0 Å². The van der Waals surface area contributed by atoms with E-state index in [0.29, 0.717) is 10.8 Å². The number of halogens is 1. The summed E-state index contributed by atoms with van der Waals surface area (Å²) in [7, 11) is 1.94. The molecule has 0 amide bonds. The quantitative estimate of drug-likeness (QED) is 0.728. The first kappa shape index (κ1) is 14.8. The molecule has 1 aromatic carbocycles. The predicted molar refractivity (Wildman–Crippen MR) is 91.2 cm³/mol. The van der Waals surface area contributed by atoms with Crippen molar-refractivity contribution in [1.82, 2.24) is 19.7 Å². The number of nitrogen functional groups attached to an aromatic ring is 1. The van der Waals surface area contributed by atoms with Crippen molar-refractivity contribution in [2.24, 2.45) is 0 Å². The number of nitrogens with two attached hydrogens (primary N) is 1. The number of rotatable bonds is 2. The number of aromatic nitrogens is 4. The third kappa shape index (κ3) is 2.66. The van der Waals surface area contributed by atoms with Crippen molar-refractivity contribution in [3.05, 3.63) is 35.6 Å². The summed E-state index contributed by atoms with van der Waals surface area (Å²) in [6, 6.07) is 7.58. The van der Waals surface area contributed by atoms with Crippen molar-refractivity contribution in [3.8, 4) is 0 Å². The van der Waals surface area contributed by atoms with Crippen LogP contribution in [0.1, 0.15) is 20.8 Å². The lowest BCUT2D eigenvalue weighted by Crippen LogP contribution is -2.31. The van der Waals surface area contributed by atoms with Crippen LogP contribution < -0.4 is 16.8 Å². The van der Waals surface area contributed by atoms with Gasteiger partial charge in [-0.15, -0.1) is 0 Å². The lowest BCUT2D eigenvalue weighted by Gasteiger charge is -2.19. The lowest BCUT2D eigenvalue weighted by atomic mass is 9.66. The minimum Gasteiger partial charge on any atom is -0.383 e. The van der Waals surface area contributed by atoms with Gasteiger partial charge in [-0.3, -0.25) is 0 Å². The van der Waals surface area contributed by atoms with Gasteiger partial charge in [0.15, 0.2) is 5.65 Å². The average molecular weight is 313 g/mol. The van der Waals surface area contributed by atoms with Gasteiger partial charge in [0, 0.05) is 10.6 Å². The molecule has 2 aromatic heterocycles. The van der Waals surface area contributed by atoms with E-state index in [1.807, 2.05) is 36.2 Å². The first-order valence-electron chi connectivity index (χ1n) is 6.96. The third-order valence-corrected chi connectivity index (χ3v) is 3.54. The molecule has 1 radical (unpaired) electrons. The fraction of sp³-hybridized carbons (Fsp3) is 0.267. The van der Waals surface area contributed by atoms with Crippen molar-refractivity contribution in [2.45, 2.75) is 26.3 Å². The molecule has 0 aliphatic heterocycles. The van der Waals surface area contributed by atoms with Gasteiger partial charge in [-0.25, -0.2) is 14.6 Å². The summed E-state index contributed by atoms with van der Waals surface area (Å²) < 4.78 is 1.87. The minimum atomic E-state index is -0.209. The molecule has 0 unspecified atom stereocenters. The number of nitrogens with zero attached hydrogens (tertiary/aromatic N) is 4. The van der Waals surface area contributed by atoms with E-state index in [-0.39, 0.29) is 5.54 Å². The summed E-state index contributed by atoms with van der Waals surface area (Å²) in [5, 5.41) is 6.12. The molecular weight excluding hydrogens is 296 g/mol. The SMILES string of the molecule is CC(C)(C)n1nc([B]c2cccc(Cl)c2)c2c(N)ncnc21. The maximum atomic E-state index is 6.05. The van der Waals surface area contributed by atoms with Crippen LogP contribution in [0.2, 0.25) is 5.02 Å².